The summed E-state index contributed by atoms with van der Waals surface area (Å²) in [6.07, 6.45) is 6.79. The molecule has 1 aliphatic heterocycles. The highest BCUT2D eigenvalue weighted by molar-refractivity contribution is 5.96. The van der Waals surface area contributed by atoms with E-state index in [9.17, 15) is 4.79 Å². The number of hydrogen-bond donors (Lipinski definition) is 0. The molecule has 1 aliphatic carbocycles. The van der Waals surface area contributed by atoms with Gasteiger partial charge in [-0.25, -0.2) is 10.3 Å². The molecule has 0 spiro atoms. The monoisotopic (exact) mass is 365 g/mol. The Hall–Kier alpha value is -2.63. The van der Waals surface area contributed by atoms with Gasteiger partial charge in [0.15, 0.2) is 11.5 Å². The van der Waals surface area contributed by atoms with E-state index < -0.39 is 0 Å². The van der Waals surface area contributed by atoms with Gasteiger partial charge in [0.25, 0.3) is 0 Å². The summed E-state index contributed by atoms with van der Waals surface area (Å²) in [5, 5.41) is 4.58. The van der Waals surface area contributed by atoms with Crippen LogP contribution >= 0.6 is 0 Å². The van der Waals surface area contributed by atoms with Crippen molar-refractivity contribution < 1.29 is 4.74 Å². The average molecular weight is 365 g/mol. The number of rotatable bonds is 6. The summed E-state index contributed by atoms with van der Waals surface area (Å²) >= 11 is 0. The summed E-state index contributed by atoms with van der Waals surface area (Å²) < 4.78 is 7.81. The zero-order chi connectivity index (χ0) is 18.6. The Morgan fingerprint density at radius 1 is 1.15 bits per heavy atom. The molecule has 2 heterocycles. The molecule has 0 unspecified atom stereocenters. The average Bonchev–Trinajstić information content (AvgIpc) is 3.16. The fourth-order valence-electron chi connectivity index (χ4n) is 3.77. The van der Waals surface area contributed by atoms with E-state index in [1.807, 2.05) is 34.9 Å². The molecule has 6 nitrogen and oxygen atoms in total. The van der Waals surface area contributed by atoms with Crippen LogP contribution in [0, 0.1) is 5.92 Å². The van der Waals surface area contributed by atoms with Crippen LogP contribution < -0.4 is 15.6 Å². The number of fused-ring (bicyclic) bond motifs is 1. The van der Waals surface area contributed by atoms with E-state index in [0.717, 1.165) is 30.7 Å². The van der Waals surface area contributed by atoms with Crippen LogP contribution in [0.25, 0.3) is 0 Å². The lowest BCUT2D eigenvalue weighted by atomic mass is 9.88. The molecule has 27 heavy (non-hydrogen) atoms. The van der Waals surface area contributed by atoms with E-state index in [-0.39, 0.29) is 5.56 Å². The molecule has 1 aromatic heterocycles. The van der Waals surface area contributed by atoms with Crippen LogP contribution in [0.2, 0.25) is 0 Å². The second-order valence-electron chi connectivity index (χ2n) is 7.21. The Kier molecular flexibility index (Phi) is 5.23. The molecular formula is C21H25N4O2. The highest BCUT2D eigenvalue weighted by atomic mass is 16.5. The highest BCUT2D eigenvalue weighted by Gasteiger charge is 2.30. The van der Waals surface area contributed by atoms with Gasteiger partial charge in [-0.3, -0.25) is 9.36 Å². The third-order valence-electron chi connectivity index (χ3n) is 5.17. The molecule has 6 heteroatoms. The summed E-state index contributed by atoms with van der Waals surface area (Å²) in [6.45, 7) is 3.14. The Bertz CT molecular complexity index is 883. The fourth-order valence-corrected chi connectivity index (χ4v) is 3.77. The Morgan fingerprint density at radius 3 is 2.67 bits per heavy atom. The van der Waals surface area contributed by atoms with Crippen LogP contribution in [0.15, 0.2) is 40.1 Å². The standard InChI is InChI=1S/C21H25N4O2/c1-2-13-25-19-17(22-18(23-19)16-11-7-4-8-12-16)20(26)24-21(25)27-14-15-9-5-3-6-10-15/h3,5-6,9-10,16H,2,4,7-8,11-14H2,1H3. The van der Waals surface area contributed by atoms with Gasteiger partial charge in [-0.05, 0) is 24.8 Å². The van der Waals surface area contributed by atoms with Gasteiger partial charge in [0.2, 0.25) is 0 Å². The topological polar surface area (TPSA) is 70.6 Å². The molecule has 2 aromatic rings. The van der Waals surface area contributed by atoms with Gasteiger partial charge in [0.05, 0.1) is 0 Å². The van der Waals surface area contributed by atoms with Gasteiger partial charge in [0, 0.05) is 12.5 Å². The van der Waals surface area contributed by atoms with Crippen molar-refractivity contribution in [2.75, 3.05) is 0 Å². The maximum Gasteiger partial charge on any atom is 0.304 e. The molecule has 1 saturated carbocycles. The van der Waals surface area contributed by atoms with Crippen LogP contribution in [0.3, 0.4) is 0 Å². The van der Waals surface area contributed by atoms with Crippen LogP contribution in [0.1, 0.15) is 51.0 Å². The largest absolute Gasteiger partial charge is 0.460 e. The molecule has 1 fully saturated rings. The van der Waals surface area contributed by atoms with Crippen LogP contribution in [0.5, 0.6) is 6.01 Å². The lowest BCUT2D eigenvalue weighted by Gasteiger charge is -2.20. The van der Waals surface area contributed by atoms with E-state index in [1.54, 1.807) is 0 Å². The first-order valence-corrected chi connectivity index (χ1v) is 9.88. The smallest absolute Gasteiger partial charge is 0.304 e. The summed E-state index contributed by atoms with van der Waals surface area (Å²) in [7, 11) is 0. The van der Waals surface area contributed by atoms with Crippen LogP contribution in [0.4, 0.5) is 11.5 Å². The number of hydrogen-bond acceptors (Lipinski definition) is 4. The quantitative estimate of drug-likeness (QED) is 0.774. The van der Waals surface area contributed by atoms with Crippen molar-refractivity contribution in [3.05, 3.63) is 46.2 Å². The minimum Gasteiger partial charge on any atom is -0.460 e. The van der Waals surface area contributed by atoms with E-state index >= 15 is 0 Å². The van der Waals surface area contributed by atoms with Crippen molar-refractivity contribution in [2.24, 2.45) is 10.9 Å². The van der Waals surface area contributed by atoms with Gasteiger partial charge < -0.3 is 4.74 Å². The Labute approximate surface area is 159 Å². The minimum absolute atomic E-state index is 0.327. The van der Waals surface area contributed by atoms with Crippen molar-refractivity contribution in [1.82, 2.24) is 14.9 Å². The van der Waals surface area contributed by atoms with Crippen molar-refractivity contribution in [1.29, 1.82) is 0 Å². The Balaban J connectivity index is 1.64. The van der Waals surface area contributed by atoms with Gasteiger partial charge in [-0.15, -0.1) is 0 Å². The summed E-state index contributed by atoms with van der Waals surface area (Å²) in [4.78, 5) is 21.5. The number of amidine groups is 1. The van der Waals surface area contributed by atoms with Crippen molar-refractivity contribution in [3.63, 3.8) is 0 Å². The van der Waals surface area contributed by atoms with Crippen molar-refractivity contribution in [3.8, 4) is 6.01 Å². The zero-order valence-electron chi connectivity index (χ0n) is 15.7. The zero-order valence-corrected chi connectivity index (χ0v) is 15.7. The maximum absolute atomic E-state index is 12.6. The van der Waals surface area contributed by atoms with E-state index in [2.05, 4.69) is 17.2 Å². The van der Waals surface area contributed by atoms with Crippen molar-refractivity contribution >= 4 is 17.3 Å². The molecule has 4 rings (SSSR count). The summed E-state index contributed by atoms with van der Waals surface area (Å²) in [5.74, 6) is 1.77. The van der Waals surface area contributed by atoms with Crippen molar-refractivity contribution in [2.45, 2.75) is 58.6 Å². The predicted molar refractivity (Wildman–Crippen MR) is 105 cm³/mol. The highest BCUT2D eigenvalue weighted by Crippen LogP contribution is 2.35. The number of nitrogens with zero attached hydrogens (tertiary/aromatic N) is 4. The van der Waals surface area contributed by atoms with Crippen LogP contribution in [-0.4, -0.2) is 15.4 Å². The molecule has 0 amide bonds. The number of aliphatic imine (C=N–C) groups is 1. The second-order valence-corrected chi connectivity index (χ2v) is 7.21. The first-order valence-electron chi connectivity index (χ1n) is 9.88. The molecule has 1 radical (unpaired) electrons. The van der Waals surface area contributed by atoms with E-state index in [4.69, 9.17) is 9.73 Å². The van der Waals surface area contributed by atoms with Crippen LogP contribution in [-0.2, 0) is 13.2 Å². The Morgan fingerprint density at radius 2 is 1.93 bits per heavy atom. The SMILES string of the molecule is CCCn1c(OCc2ccccc2)nc(=O)c2c1N=C(C1CCCCC1)[N]2. The summed E-state index contributed by atoms with van der Waals surface area (Å²) in [6, 6.07) is 10.2. The number of aromatic nitrogens is 2. The van der Waals surface area contributed by atoms with Gasteiger partial charge in [-0.1, -0.05) is 56.5 Å². The molecule has 0 bridgehead atoms. The minimum atomic E-state index is -0.352. The molecule has 0 saturated heterocycles. The van der Waals surface area contributed by atoms with E-state index in [0.29, 0.717) is 36.6 Å². The molecular weight excluding hydrogens is 340 g/mol. The molecule has 141 valence electrons. The number of ether oxygens (including phenoxy) is 1. The first-order chi connectivity index (χ1) is 13.3. The third-order valence-corrected chi connectivity index (χ3v) is 5.17. The maximum atomic E-state index is 12.6. The van der Waals surface area contributed by atoms with Gasteiger partial charge in [-0.2, -0.15) is 4.98 Å². The van der Waals surface area contributed by atoms with Gasteiger partial charge in [0.1, 0.15) is 12.4 Å². The summed E-state index contributed by atoms with van der Waals surface area (Å²) in [5.41, 5.74) is 1.05. The normalized spacial score (nSPS) is 16.6. The molecule has 2 aliphatic rings. The third kappa shape index (κ3) is 3.75. The lowest BCUT2D eigenvalue weighted by molar-refractivity contribution is 0.261. The lowest BCUT2D eigenvalue weighted by Crippen LogP contribution is -2.24. The fraction of sp³-hybridized carbons (Fsp3) is 0.476. The predicted octanol–water partition coefficient (Wildman–Crippen LogP) is 4.09. The molecule has 1 aromatic carbocycles. The molecule has 0 N–H and O–H groups in total. The second kappa shape index (κ2) is 7.94. The number of benzene rings is 1. The van der Waals surface area contributed by atoms with Gasteiger partial charge >= 0.3 is 11.6 Å². The van der Waals surface area contributed by atoms with E-state index in [1.165, 1.54) is 19.3 Å². The molecule has 0 atom stereocenters. The first kappa shape index (κ1) is 17.8.